The highest BCUT2D eigenvalue weighted by molar-refractivity contribution is 5.87. The van der Waals surface area contributed by atoms with Crippen LogP contribution in [0.3, 0.4) is 0 Å². The monoisotopic (exact) mass is 398 g/mol. The summed E-state index contributed by atoms with van der Waals surface area (Å²) in [5, 5.41) is 2.64. The van der Waals surface area contributed by atoms with Gasteiger partial charge in [-0.1, -0.05) is 36.4 Å². The summed E-state index contributed by atoms with van der Waals surface area (Å²) >= 11 is 0. The second kappa shape index (κ2) is 11.1. The van der Waals surface area contributed by atoms with Crippen molar-refractivity contribution in [1.29, 1.82) is 0 Å². The molecule has 0 saturated carbocycles. The Morgan fingerprint density at radius 2 is 1.66 bits per heavy atom. The van der Waals surface area contributed by atoms with E-state index in [4.69, 9.17) is 9.47 Å². The van der Waals surface area contributed by atoms with Gasteiger partial charge in [-0.2, -0.15) is 0 Å². The molecule has 0 saturated heterocycles. The summed E-state index contributed by atoms with van der Waals surface area (Å²) in [6.07, 6.45) is 1.57. The average Bonchev–Trinajstić information content (AvgIpc) is 2.77. The van der Waals surface area contributed by atoms with Gasteiger partial charge < -0.3 is 19.7 Å². The molecular formula is C23H30N2O4. The molecule has 6 nitrogen and oxygen atoms in total. The Morgan fingerprint density at radius 3 is 2.28 bits per heavy atom. The lowest BCUT2D eigenvalue weighted by molar-refractivity contribution is -0.139. The van der Waals surface area contributed by atoms with Crippen molar-refractivity contribution in [2.45, 2.75) is 32.2 Å². The maximum absolute atomic E-state index is 13.0. The number of aryl methyl sites for hydroxylation is 1. The van der Waals surface area contributed by atoms with Gasteiger partial charge in [-0.25, -0.2) is 0 Å². The van der Waals surface area contributed by atoms with Crippen LogP contribution in [0.4, 0.5) is 0 Å². The average molecular weight is 399 g/mol. The number of hydrogen-bond donors (Lipinski definition) is 1. The van der Waals surface area contributed by atoms with Crippen LogP contribution in [0.25, 0.3) is 0 Å². The summed E-state index contributed by atoms with van der Waals surface area (Å²) in [6, 6.07) is 15.1. The van der Waals surface area contributed by atoms with Gasteiger partial charge in [0.2, 0.25) is 11.8 Å². The van der Waals surface area contributed by atoms with Crippen molar-refractivity contribution in [2.75, 3.05) is 27.8 Å². The van der Waals surface area contributed by atoms with Gasteiger partial charge in [0.1, 0.15) is 6.04 Å². The Morgan fingerprint density at radius 1 is 0.966 bits per heavy atom. The van der Waals surface area contributed by atoms with Gasteiger partial charge in [0.15, 0.2) is 11.5 Å². The van der Waals surface area contributed by atoms with E-state index in [1.54, 1.807) is 33.1 Å². The van der Waals surface area contributed by atoms with Crippen molar-refractivity contribution in [3.05, 3.63) is 59.7 Å². The number of ether oxygens (including phenoxy) is 2. The van der Waals surface area contributed by atoms with Crippen LogP contribution in [-0.2, 0) is 22.4 Å². The van der Waals surface area contributed by atoms with Crippen molar-refractivity contribution in [1.82, 2.24) is 10.2 Å². The minimum Gasteiger partial charge on any atom is -0.493 e. The van der Waals surface area contributed by atoms with Crippen molar-refractivity contribution in [2.24, 2.45) is 0 Å². The number of carbonyl (C=O) groups excluding carboxylic acids is 2. The Hall–Kier alpha value is -3.02. The van der Waals surface area contributed by atoms with Gasteiger partial charge in [0.25, 0.3) is 0 Å². The Kier molecular flexibility index (Phi) is 8.52. The van der Waals surface area contributed by atoms with Crippen LogP contribution >= 0.6 is 0 Å². The number of methoxy groups -OCH3 is 2. The lowest BCUT2D eigenvalue weighted by Gasteiger charge is -2.28. The van der Waals surface area contributed by atoms with Crippen molar-refractivity contribution >= 4 is 11.8 Å². The molecular weight excluding hydrogens is 368 g/mol. The minimum absolute atomic E-state index is 0.0492. The van der Waals surface area contributed by atoms with Crippen LogP contribution in [0, 0.1) is 0 Å². The minimum atomic E-state index is -0.526. The molecule has 0 aliphatic carbocycles. The van der Waals surface area contributed by atoms with E-state index in [0.29, 0.717) is 37.3 Å². The number of hydrogen-bond acceptors (Lipinski definition) is 4. The molecule has 0 radical (unpaired) electrons. The van der Waals surface area contributed by atoms with Gasteiger partial charge in [-0.15, -0.1) is 0 Å². The molecule has 6 heteroatoms. The van der Waals surface area contributed by atoms with Gasteiger partial charge in [0.05, 0.1) is 14.2 Å². The molecule has 2 aromatic rings. The topological polar surface area (TPSA) is 67.9 Å². The van der Waals surface area contributed by atoms with E-state index in [2.05, 4.69) is 5.32 Å². The van der Waals surface area contributed by atoms with E-state index in [1.165, 1.54) is 0 Å². The SMILES string of the molecule is CNC(=O)C(C)N(CCc1ccccc1)C(=O)CCc1ccc(OC)c(OC)c1. The maximum atomic E-state index is 13.0. The molecule has 0 aliphatic rings. The van der Waals surface area contributed by atoms with Gasteiger partial charge in [-0.3, -0.25) is 9.59 Å². The molecule has 1 atom stereocenters. The summed E-state index contributed by atoms with van der Waals surface area (Å²) < 4.78 is 10.6. The zero-order valence-corrected chi connectivity index (χ0v) is 17.6. The molecule has 2 aromatic carbocycles. The van der Waals surface area contributed by atoms with Crippen LogP contribution in [-0.4, -0.2) is 50.6 Å². The molecule has 0 aliphatic heterocycles. The Labute approximate surface area is 172 Å². The summed E-state index contributed by atoms with van der Waals surface area (Å²) in [5.41, 5.74) is 2.11. The van der Waals surface area contributed by atoms with Crippen LogP contribution in [0.5, 0.6) is 11.5 Å². The molecule has 0 aromatic heterocycles. The van der Waals surface area contributed by atoms with Crippen molar-refractivity contribution in [3.8, 4) is 11.5 Å². The third-order valence-electron chi connectivity index (χ3n) is 4.97. The predicted octanol–water partition coefficient (Wildman–Crippen LogP) is 2.84. The number of rotatable bonds is 10. The van der Waals surface area contributed by atoms with E-state index in [-0.39, 0.29) is 11.8 Å². The van der Waals surface area contributed by atoms with E-state index in [9.17, 15) is 9.59 Å². The van der Waals surface area contributed by atoms with E-state index in [1.807, 2.05) is 48.5 Å². The van der Waals surface area contributed by atoms with Gasteiger partial charge in [-0.05, 0) is 43.0 Å². The lowest BCUT2D eigenvalue weighted by atomic mass is 10.1. The Bertz CT molecular complexity index is 808. The van der Waals surface area contributed by atoms with Crippen LogP contribution in [0.2, 0.25) is 0 Å². The molecule has 29 heavy (non-hydrogen) atoms. The van der Waals surface area contributed by atoms with E-state index < -0.39 is 6.04 Å². The largest absolute Gasteiger partial charge is 0.493 e. The molecule has 2 amide bonds. The molecule has 0 heterocycles. The summed E-state index contributed by atoms with van der Waals surface area (Å²) in [4.78, 5) is 26.8. The quantitative estimate of drug-likeness (QED) is 0.668. The number of carbonyl (C=O) groups is 2. The van der Waals surface area contributed by atoms with E-state index in [0.717, 1.165) is 11.1 Å². The first-order valence-corrected chi connectivity index (χ1v) is 9.76. The van der Waals surface area contributed by atoms with Crippen molar-refractivity contribution in [3.63, 3.8) is 0 Å². The number of benzene rings is 2. The first kappa shape index (κ1) is 22.3. The highest BCUT2D eigenvalue weighted by Gasteiger charge is 2.24. The van der Waals surface area contributed by atoms with Gasteiger partial charge >= 0.3 is 0 Å². The smallest absolute Gasteiger partial charge is 0.242 e. The second-order valence-corrected chi connectivity index (χ2v) is 6.80. The zero-order valence-electron chi connectivity index (χ0n) is 17.6. The number of nitrogens with zero attached hydrogens (tertiary/aromatic N) is 1. The second-order valence-electron chi connectivity index (χ2n) is 6.80. The normalized spacial score (nSPS) is 11.4. The fraction of sp³-hybridized carbons (Fsp3) is 0.391. The summed E-state index contributed by atoms with van der Waals surface area (Å²) in [6.45, 7) is 2.25. The Balaban J connectivity index is 2.07. The molecule has 0 fully saturated rings. The van der Waals surface area contributed by atoms with Crippen LogP contribution in [0.15, 0.2) is 48.5 Å². The van der Waals surface area contributed by atoms with Crippen LogP contribution in [0.1, 0.15) is 24.5 Å². The molecule has 156 valence electrons. The predicted molar refractivity (Wildman–Crippen MR) is 113 cm³/mol. The molecule has 0 spiro atoms. The highest BCUT2D eigenvalue weighted by Crippen LogP contribution is 2.28. The molecule has 1 N–H and O–H groups in total. The number of likely N-dealkylation sites (N-methyl/N-ethyl adjacent to an activating group) is 1. The zero-order chi connectivity index (χ0) is 21.2. The number of nitrogens with one attached hydrogen (secondary N) is 1. The van der Waals surface area contributed by atoms with E-state index >= 15 is 0 Å². The highest BCUT2D eigenvalue weighted by atomic mass is 16.5. The third kappa shape index (κ3) is 6.24. The fourth-order valence-corrected chi connectivity index (χ4v) is 3.21. The third-order valence-corrected chi connectivity index (χ3v) is 4.97. The summed E-state index contributed by atoms with van der Waals surface area (Å²) in [7, 11) is 4.76. The maximum Gasteiger partial charge on any atom is 0.242 e. The van der Waals surface area contributed by atoms with Gasteiger partial charge in [0, 0.05) is 20.0 Å². The first-order valence-electron chi connectivity index (χ1n) is 9.76. The van der Waals surface area contributed by atoms with Crippen LogP contribution < -0.4 is 14.8 Å². The fourth-order valence-electron chi connectivity index (χ4n) is 3.21. The lowest BCUT2D eigenvalue weighted by Crippen LogP contribution is -2.48. The summed E-state index contributed by atoms with van der Waals surface area (Å²) in [5.74, 6) is 1.07. The number of amides is 2. The molecule has 2 rings (SSSR count). The molecule has 0 bridgehead atoms. The molecule has 1 unspecified atom stereocenters. The van der Waals surface area contributed by atoms with Crippen molar-refractivity contribution < 1.29 is 19.1 Å². The first-order chi connectivity index (χ1) is 14.0. The standard InChI is InChI=1S/C23H30N2O4/c1-17(23(27)24-2)25(15-14-18-8-6-5-7-9-18)22(26)13-11-19-10-12-20(28-3)21(16-19)29-4/h5-10,12,16-17H,11,13-15H2,1-4H3,(H,24,27).